The third-order valence-electron chi connectivity index (χ3n) is 4.73. The number of ether oxygens (including phenoxy) is 1. The van der Waals surface area contributed by atoms with Crippen molar-refractivity contribution < 1.29 is 9.53 Å². The van der Waals surface area contributed by atoms with Crippen molar-refractivity contribution in [2.24, 2.45) is 0 Å². The molecule has 0 saturated heterocycles. The lowest BCUT2D eigenvalue weighted by Gasteiger charge is -2.22. The van der Waals surface area contributed by atoms with Crippen LogP contribution in [0.2, 0.25) is 5.02 Å². The summed E-state index contributed by atoms with van der Waals surface area (Å²) in [5.41, 5.74) is 2.49. The summed E-state index contributed by atoms with van der Waals surface area (Å²) in [4.78, 5) is 22.0. The number of likely N-dealkylation sites (N-methyl/N-ethyl adjacent to an activating group) is 1. The van der Waals surface area contributed by atoms with Crippen LogP contribution in [0.25, 0.3) is 10.2 Å². The smallest absolute Gasteiger partial charge is 0.260 e. The van der Waals surface area contributed by atoms with Gasteiger partial charge in [-0.15, -0.1) is 0 Å². The lowest BCUT2D eigenvalue weighted by Crippen LogP contribution is -2.36. The second-order valence-electron chi connectivity index (χ2n) is 7.56. The number of carbonyl (C=O) groups is 1. The molecule has 0 fully saturated rings. The van der Waals surface area contributed by atoms with Gasteiger partial charge in [0.15, 0.2) is 5.13 Å². The predicted molar refractivity (Wildman–Crippen MR) is 126 cm³/mol. The van der Waals surface area contributed by atoms with Crippen LogP contribution in [-0.4, -0.2) is 49.6 Å². The van der Waals surface area contributed by atoms with Crippen molar-refractivity contribution in [1.82, 2.24) is 9.88 Å². The first-order valence-electron chi connectivity index (χ1n) is 10.1. The normalized spacial score (nSPS) is 11.3. The third-order valence-corrected chi connectivity index (χ3v) is 5.98. The van der Waals surface area contributed by atoms with Crippen molar-refractivity contribution in [3.63, 3.8) is 0 Å². The van der Waals surface area contributed by atoms with Crippen LogP contribution < -0.4 is 9.64 Å². The summed E-state index contributed by atoms with van der Waals surface area (Å²) in [6.07, 6.45) is 2.05. The first-order chi connectivity index (χ1) is 14.4. The Bertz CT molecular complexity index is 1020. The molecule has 3 rings (SSSR count). The molecule has 0 radical (unpaired) electrons. The summed E-state index contributed by atoms with van der Waals surface area (Å²) >= 11 is 7.71. The Kier molecular flexibility index (Phi) is 7.69. The third kappa shape index (κ3) is 5.50. The molecule has 3 aromatic rings. The topological polar surface area (TPSA) is 45.7 Å². The molecule has 30 heavy (non-hydrogen) atoms. The first kappa shape index (κ1) is 22.5. The van der Waals surface area contributed by atoms with Crippen LogP contribution in [0.1, 0.15) is 35.7 Å². The van der Waals surface area contributed by atoms with E-state index >= 15 is 0 Å². The molecule has 160 valence electrons. The maximum atomic E-state index is 13.5. The largest absolute Gasteiger partial charge is 0.494 e. The van der Waals surface area contributed by atoms with Crippen molar-refractivity contribution in [3.05, 3.63) is 52.5 Å². The van der Waals surface area contributed by atoms with Gasteiger partial charge in [-0.25, -0.2) is 4.98 Å². The van der Waals surface area contributed by atoms with Gasteiger partial charge in [0.2, 0.25) is 0 Å². The molecular weight excluding hydrogens is 418 g/mol. The molecule has 0 atom stereocenters. The monoisotopic (exact) mass is 445 g/mol. The lowest BCUT2D eigenvalue weighted by molar-refractivity contribution is 0.0984. The van der Waals surface area contributed by atoms with Gasteiger partial charge in [-0.1, -0.05) is 42.3 Å². The SMILES string of the molecule is CCCCOc1cccc(C(=O)N(CCN(C)C)c2nc3c(C)cc(Cl)cc3s2)c1. The van der Waals surface area contributed by atoms with Crippen molar-refractivity contribution in [2.45, 2.75) is 26.7 Å². The van der Waals surface area contributed by atoms with E-state index in [1.807, 2.05) is 57.4 Å². The number of amides is 1. The molecule has 1 amide bonds. The number of anilines is 1. The quantitative estimate of drug-likeness (QED) is 0.399. The fourth-order valence-corrected chi connectivity index (χ4v) is 4.50. The number of rotatable bonds is 9. The minimum atomic E-state index is -0.0828. The Morgan fingerprint density at radius 3 is 2.73 bits per heavy atom. The maximum absolute atomic E-state index is 13.5. The Labute approximate surface area is 187 Å². The number of halogens is 1. The molecule has 0 saturated carbocycles. The zero-order chi connectivity index (χ0) is 21.7. The van der Waals surface area contributed by atoms with Crippen LogP contribution in [0.4, 0.5) is 5.13 Å². The highest BCUT2D eigenvalue weighted by Gasteiger charge is 2.22. The van der Waals surface area contributed by atoms with Gasteiger partial charge in [-0.2, -0.15) is 0 Å². The van der Waals surface area contributed by atoms with Gasteiger partial charge in [-0.05, 0) is 63.3 Å². The molecule has 0 aliphatic carbocycles. The van der Waals surface area contributed by atoms with Crippen LogP contribution >= 0.6 is 22.9 Å². The van der Waals surface area contributed by atoms with Gasteiger partial charge in [0, 0.05) is 23.7 Å². The molecule has 5 nitrogen and oxygen atoms in total. The van der Waals surface area contributed by atoms with Crippen LogP contribution in [0.15, 0.2) is 36.4 Å². The van der Waals surface area contributed by atoms with E-state index < -0.39 is 0 Å². The molecule has 0 aliphatic rings. The van der Waals surface area contributed by atoms with Gasteiger partial charge < -0.3 is 9.64 Å². The Hall–Kier alpha value is -2.15. The number of benzene rings is 2. The van der Waals surface area contributed by atoms with Crippen LogP contribution in [-0.2, 0) is 0 Å². The zero-order valence-corrected chi connectivity index (χ0v) is 19.5. The van der Waals surface area contributed by atoms with Gasteiger partial charge in [-0.3, -0.25) is 9.69 Å². The number of hydrogen-bond acceptors (Lipinski definition) is 5. The van der Waals surface area contributed by atoms with E-state index in [0.29, 0.717) is 34.6 Å². The number of aromatic nitrogens is 1. The number of aryl methyl sites for hydroxylation is 1. The Balaban J connectivity index is 1.93. The average molecular weight is 446 g/mol. The number of nitrogens with zero attached hydrogens (tertiary/aromatic N) is 3. The number of unbranched alkanes of at least 4 members (excludes halogenated alkanes) is 1. The van der Waals surface area contributed by atoms with Crippen molar-refractivity contribution in [2.75, 3.05) is 38.7 Å². The highest BCUT2D eigenvalue weighted by atomic mass is 35.5. The van der Waals surface area contributed by atoms with Crippen LogP contribution in [0.5, 0.6) is 5.75 Å². The fourth-order valence-electron chi connectivity index (χ4n) is 3.05. The minimum absolute atomic E-state index is 0.0828. The van der Waals surface area contributed by atoms with E-state index in [1.165, 1.54) is 11.3 Å². The van der Waals surface area contributed by atoms with Gasteiger partial charge in [0.1, 0.15) is 5.75 Å². The Morgan fingerprint density at radius 1 is 1.20 bits per heavy atom. The van der Waals surface area contributed by atoms with Gasteiger partial charge in [0.25, 0.3) is 5.91 Å². The molecule has 0 N–H and O–H groups in total. The molecule has 0 bridgehead atoms. The highest BCUT2D eigenvalue weighted by Crippen LogP contribution is 2.33. The van der Waals surface area contributed by atoms with E-state index in [2.05, 4.69) is 11.8 Å². The molecule has 0 spiro atoms. The number of hydrogen-bond donors (Lipinski definition) is 0. The second-order valence-corrected chi connectivity index (χ2v) is 9.00. The summed E-state index contributed by atoms with van der Waals surface area (Å²) in [6.45, 7) is 6.03. The fraction of sp³-hybridized carbons (Fsp3) is 0.391. The number of thiazole rings is 1. The van der Waals surface area contributed by atoms with Crippen molar-refractivity contribution in [3.8, 4) is 5.75 Å². The van der Waals surface area contributed by atoms with E-state index in [-0.39, 0.29) is 5.91 Å². The lowest BCUT2D eigenvalue weighted by atomic mass is 10.2. The zero-order valence-electron chi connectivity index (χ0n) is 17.9. The summed E-state index contributed by atoms with van der Waals surface area (Å²) < 4.78 is 6.77. The molecular formula is C23H28ClN3O2S. The van der Waals surface area contributed by atoms with Crippen LogP contribution in [0, 0.1) is 6.92 Å². The van der Waals surface area contributed by atoms with E-state index in [4.69, 9.17) is 21.3 Å². The maximum Gasteiger partial charge on any atom is 0.260 e. The molecule has 0 unspecified atom stereocenters. The second kappa shape index (κ2) is 10.2. The first-order valence-corrected chi connectivity index (χ1v) is 11.3. The number of carbonyl (C=O) groups excluding carboxylic acids is 1. The van der Waals surface area contributed by atoms with E-state index in [9.17, 15) is 4.79 Å². The summed E-state index contributed by atoms with van der Waals surface area (Å²) in [5.74, 6) is 0.634. The molecule has 1 aromatic heterocycles. The van der Waals surface area contributed by atoms with Crippen LogP contribution in [0.3, 0.4) is 0 Å². The molecule has 7 heteroatoms. The highest BCUT2D eigenvalue weighted by molar-refractivity contribution is 7.22. The predicted octanol–water partition coefficient (Wildman–Crippen LogP) is 5.65. The summed E-state index contributed by atoms with van der Waals surface area (Å²) in [5, 5.41) is 1.36. The minimum Gasteiger partial charge on any atom is -0.494 e. The van der Waals surface area contributed by atoms with Gasteiger partial charge in [0.05, 0.1) is 16.8 Å². The summed E-state index contributed by atoms with van der Waals surface area (Å²) in [6, 6.07) is 11.2. The number of fused-ring (bicyclic) bond motifs is 1. The van der Waals surface area contributed by atoms with Gasteiger partial charge >= 0.3 is 0 Å². The van der Waals surface area contributed by atoms with E-state index in [0.717, 1.165) is 35.2 Å². The van der Waals surface area contributed by atoms with Crippen molar-refractivity contribution in [1.29, 1.82) is 0 Å². The standard InChI is InChI=1S/C23H28ClN3O2S/c1-5-6-12-29-19-9-7-8-17(14-19)22(28)27(11-10-26(3)4)23-25-21-16(2)13-18(24)15-20(21)30-23/h7-9,13-15H,5-6,10-12H2,1-4H3. The molecule has 2 aromatic carbocycles. The average Bonchev–Trinajstić information content (AvgIpc) is 3.12. The van der Waals surface area contributed by atoms with E-state index in [1.54, 1.807) is 4.90 Å². The Morgan fingerprint density at radius 2 is 2.00 bits per heavy atom. The van der Waals surface area contributed by atoms with Crippen molar-refractivity contribution >= 4 is 44.2 Å². The summed E-state index contributed by atoms with van der Waals surface area (Å²) in [7, 11) is 3.99. The molecule has 0 aliphatic heterocycles. The molecule has 1 heterocycles.